The summed E-state index contributed by atoms with van der Waals surface area (Å²) in [5, 5.41) is 3.47. The summed E-state index contributed by atoms with van der Waals surface area (Å²) in [5.41, 5.74) is 0.405. The van der Waals surface area contributed by atoms with Gasteiger partial charge in [0, 0.05) is 5.02 Å². The largest absolute Gasteiger partial charge is 0.490 e. The molecule has 0 unspecified atom stereocenters. The van der Waals surface area contributed by atoms with E-state index in [1.807, 2.05) is 0 Å². The van der Waals surface area contributed by atoms with Crippen LogP contribution in [-0.2, 0) is 4.79 Å². The number of carbonyl (C=O) groups excluding carboxylic acids is 1. The highest BCUT2D eigenvalue weighted by atomic mass is 35.5. The monoisotopic (exact) mass is 223 g/mol. The van der Waals surface area contributed by atoms with Crippen LogP contribution in [0, 0.1) is 5.41 Å². The maximum Gasteiger partial charge on any atom is 0.234 e. The second-order valence-electron chi connectivity index (χ2n) is 4.16. The molecule has 78 valence electrons. The van der Waals surface area contributed by atoms with E-state index >= 15 is 0 Å². The van der Waals surface area contributed by atoms with E-state index in [1.165, 1.54) is 0 Å². The van der Waals surface area contributed by atoms with Crippen LogP contribution >= 0.6 is 11.6 Å². The fourth-order valence-corrected chi connectivity index (χ4v) is 1.96. The fourth-order valence-electron chi connectivity index (χ4n) is 1.78. The van der Waals surface area contributed by atoms with Crippen LogP contribution in [0.25, 0.3) is 0 Å². The topological polar surface area (TPSA) is 38.3 Å². The second-order valence-corrected chi connectivity index (χ2v) is 4.60. The zero-order chi connectivity index (χ0) is 10.5. The second kappa shape index (κ2) is 2.89. The maximum absolute atomic E-state index is 11.8. The van der Waals surface area contributed by atoms with Crippen LogP contribution in [0.15, 0.2) is 18.2 Å². The molecule has 1 aromatic carbocycles. The van der Waals surface area contributed by atoms with Crippen LogP contribution in [0.5, 0.6) is 5.75 Å². The maximum atomic E-state index is 11.8. The average Bonchev–Trinajstić information content (AvgIpc) is 2.98. The first-order valence-corrected chi connectivity index (χ1v) is 5.31. The molecule has 1 aliphatic heterocycles. The highest BCUT2D eigenvalue weighted by Crippen LogP contribution is 2.49. The number of carbonyl (C=O) groups is 1. The van der Waals surface area contributed by atoms with Crippen molar-refractivity contribution in [2.24, 2.45) is 5.41 Å². The Labute approximate surface area is 92.4 Å². The minimum atomic E-state index is -0.272. The van der Waals surface area contributed by atoms with Gasteiger partial charge >= 0.3 is 0 Å². The molecular weight excluding hydrogens is 214 g/mol. The van der Waals surface area contributed by atoms with E-state index in [0.29, 0.717) is 23.1 Å². The summed E-state index contributed by atoms with van der Waals surface area (Å²) in [6.45, 7) is 0.480. The van der Waals surface area contributed by atoms with Crippen LogP contribution in [0.2, 0.25) is 5.02 Å². The van der Waals surface area contributed by atoms with Crippen molar-refractivity contribution in [3.8, 4) is 5.75 Å². The van der Waals surface area contributed by atoms with Crippen molar-refractivity contribution in [1.82, 2.24) is 0 Å². The number of rotatable bonds is 0. The van der Waals surface area contributed by atoms with Crippen molar-refractivity contribution in [2.75, 3.05) is 11.9 Å². The lowest BCUT2D eigenvalue weighted by molar-refractivity contribution is -0.121. The third-order valence-corrected chi connectivity index (χ3v) is 3.26. The van der Waals surface area contributed by atoms with Crippen LogP contribution in [0.3, 0.4) is 0 Å². The molecule has 0 atom stereocenters. The molecule has 2 aliphatic rings. The van der Waals surface area contributed by atoms with Gasteiger partial charge in [0.15, 0.2) is 0 Å². The molecule has 1 aliphatic carbocycles. The number of benzene rings is 1. The smallest absolute Gasteiger partial charge is 0.234 e. The molecule has 1 N–H and O–H groups in total. The first-order chi connectivity index (χ1) is 7.20. The van der Waals surface area contributed by atoms with Crippen LogP contribution < -0.4 is 10.1 Å². The highest BCUT2D eigenvalue weighted by molar-refractivity contribution is 6.31. The van der Waals surface area contributed by atoms with Gasteiger partial charge in [-0.2, -0.15) is 0 Å². The van der Waals surface area contributed by atoms with Crippen LogP contribution in [0.1, 0.15) is 12.8 Å². The van der Waals surface area contributed by atoms with E-state index in [9.17, 15) is 4.79 Å². The van der Waals surface area contributed by atoms with Gasteiger partial charge in [0.05, 0.1) is 11.1 Å². The molecule has 0 saturated heterocycles. The van der Waals surface area contributed by atoms with Crippen molar-refractivity contribution >= 4 is 23.2 Å². The Balaban J connectivity index is 2.00. The van der Waals surface area contributed by atoms with E-state index in [-0.39, 0.29) is 11.3 Å². The normalized spacial score (nSPS) is 21.3. The van der Waals surface area contributed by atoms with E-state index in [4.69, 9.17) is 16.3 Å². The van der Waals surface area contributed by atoms with Gasteiger partial charge in [0.2, 0.25) is 5.91 Å². The predicted molar refractivity (Wildman–Crippen MR) is 57.2 cm³/mol. The van der Waals surface area contributed by atoms with Gasteiger partial charge in [-0.1, -0.05) is 11.6 Å². The molecule has 1 saturated carbocycles. The lowest BCUT2D eigenvalue weighted by Crippen LogP contribution is -2.26. The SMILES string of the molecule is O=C1Nc2cc(Cl)ccc2OCC12CC2. The Morgan fingerprint density at radius 3 is 2.93 bits per heavy atom. The fraction of sp³-hybridized carbons (Fsp3) is 0.364. The van der Waals surface area contributed by atoms with Crippen LogP contribution in [-0.4, -0.2) is 12.5 Å². The summed E-state index contributed by atoms with van der Waals surface area (Å²) in [6.07, 6.45) is 1.83. The number of nitrogens with one attached hydrogen (secondary N) is 1. The highest BCUT2D eigenvalue weighted by Gasteiger charge is 2.52. The summed E-state index contributed by atoms with van der Waals surface area (Å²) < 4.78 is 5.61. The molecule has 1 aromatic rings. The van der Waals surface area contributed by atoms with Crippen molar-refractivity contribution in [1.29, 1.82) is 0 Å². The van der Waals surface area contributed by atoms with E-state index in [1.54, 1.807) is 18.2 Å². The van der Waals surface area contributed by atoms with Crippen molar-refractivity contribution in [2.45, 2.75) is 12.8 Å². The van der Waals surface area contributed by atoms with Gasteiger partial charge in [0.1, 0.15) is 12.4 Å². The Hall–Kier alpha value is -1.22. The third kappa shape index (κ3) is 1.38. The van der Waals surface area contributed by atoms with Gasteiger partial charge in [-0.15, -0.1) is 0 Å². The minimum absolute atomic E-state index is 0.0588. The van der Waals surface area contributed by atoms with Gasteiger partial charge in [-0.05, 0) is 31.0 Å². The van der Waals surface area contributed by atoms with E-state index in [0.717, 1.165) is 12.8 Å². The van der Waals surface area contributed by atoms with Crippen molar-refractivity contribution in [3.05, 3.63) is 23.2 Å². The Kier molecular flexibility index (Phi) is 1.74. The molecule has 0 radical (unpaired) electrons. The first-order valence-electron chi connectivity index (χ1n) is 4.93. The van der Waals surface area contributed by atoms with Gasteiger partial charge < -0.3 is 10.1 Å². The Morgan fingerprint density at radius 1 is 1.40 bits per heavy atom. The van der Waals surface area contributed by atoms with Gasteiger partial charge in [0.25, 0.3) is 0 Å². The molecular formula is C11H10ClNO2. The van der Waals surface area contributed by atoms with Crippen LogP contribution in [0.4, 0.5) is 5.69 Å². The molecule has 15 heavy (non-hydrogen) atoms. The lowest BCUT2D eigenvalue weighted by atomic mass is 10.1. The van der Waals surface area contributed by atoms with Gasteiger partial charge in [-0.3, -0.25) is 4.79 Å². The lowest BCUT2D eigenvalue weighted by Gasteiger charge is -2.08. The number of ether oxygens (including phenoxy) is 1. The standard InChI is InChI=1S/C11H10ClNO2/c12-7-1-2-9-8(5-7)13-10(14)11(3-4-11)6-15-9/h1-2,5H,3-4,6H2,(H,13,14). The molecule has 3 nitrogen and oxygen atoms in total. The minimum Gasteiger partial charge on any atom is -0.490 e. The van der Waals surface area contributed by atoms with Crippen molar-refractivity contribution < 1.29 is 9.53 Å². The van der Waals surface area contributed by atoms with Crippen molar-refractivity contribution in [3.63, 3.8) is 0 Å². The zero-order valence-corrected chi connectivity index (χ0v) is 8.80. The Morgan fingerprint density at radius 2 is 2.20 bits per heavy atom. The first kappa shape index (κ1) is 9.04. The molecule has 0 aromatic heterocycles. The summed E-state index contributed by atoms with van der Waals surface area (Å²) in [4.78, 5) is 11.8. The Bertz CT molecular complexity index is 440. The summed E-state index contributed by atoms with van der Waals surface area (Å²) >= 11 is 5.86. The molecule has 3 rings (SSSR count). The molecule has 1 spiro atoms. The number of amides is 1. The van der Waals surface area contributed by atoms with E-state index in [2.05, 4.69) is 5.32 Å². The number of hydrogen-bond donors (Lipinski definition) is 1. The number of anilines is 1. The number of fused-ring (bicyclic) bond motifs is 1. The third-order valence-electron chi connectivity index (χ3n) is 3.03. The summed E-state index contributed by atoms with van der Waals surface area (Å²) in [7, 11) is 0. The summed E-state index contributed by atoms with van der Waals surface area (Å²) in [6, 6.07) is 5.27. The molecule has 4 heteroatoms. The molecule has 1 amide bonds. The predicted octanol–water partition coefficient (Wildman–Crippen LogP) is 2.45. The number of hydrogen-bond acceptors (Lipinski definition) is 2. The van der Waals surface area contributed by atoms with E-state index < -0.39 is 0 Å². The molecule has 0 bridgehead atoms. The summed E-state index contributed by atoms with van der Waals surface area (Å²) in [5.74, 6) is 0.764. The van der Waals surface area contributed by atoms with Gasteiger partial charge in [-0.25, -0.2) is 0 Å². The quantitative estimate of drug-likeness (QED) is 0.734. The molecule has 1 fully saturated rings. The molecule has 1 heterocycles. The average molecular weight is 224 g/mol. The number of halogens is 1. The zero-order valence-electron chi connectivity index (χ0n) is 8.05.